The molecule has 3 nitrogen and oxygen atoms in total. The Morgan fingerprint density at radius 3 is 2.29 bits per heavy atom. The molecule has 0 heterocycles. The van der Waals surface area contributed by atoms with Gasteiger partial charge in [-0.2, -0.15) is 0 Å². The smallest absolute Gasteiger partial charge is 0.255 e. The monoisotopic (exact) mass is 380 g/mol. The zero-order valence-corrected chi connectivity index (χ0v) is 14.6. The van der Waals surface area contributed by atoms with Gasteiger partial charge in [0.1, 0.15) is 0 Å². The van der Waals surface area contributed by atoms with E-state index >= 15 is 0 Å². The molecule has 3 rings (SSSR count). The molecule has 0 saturated carbocycles. The van der Waals surface area contributed by atoms with Gasteiger partial charge < -0.3 is 10.6 Å². The van der Waals surface area contributed by atoms with Gasteiger partial charge in [-0.25, -0.2) is 0 Å². The largest absolute Gasteiger partial charge is 0.379 e. The maximum absolute atomic E-state index is 12.3. The van der Waals surface area contributed by atoms with Gasteiger partial charge in [0.25, 0.3) is 5.91 Å². The third kappa shape index (κ3) is 4.24. The van der Waals surface area contributed by atoms with E-state index in [0.717, 1.165) is 21.4 Å². The van der Waals surface area contributed by atoms with Gasteiger partial charge in [0.05, 0.1) is 11.4 Å². The summed E-state index contributed by atoms with van der Waals surface area (Å²) in [5.74, 6) is -0.118. The lowest BCUT2D eigenvalue weighted by atomic mass is 10.2. The van der Waals surface area contributed by atoms with Crippen molar-refractivity contribution in [1.82, 2.24) is 0 Å². The van der Waals surface area contributed by atoms with Crippen molar-refractivity contribution in [3.8, 4) is 0 Å². The van der Waals surface area contributed by atoms with Crippen LogP contribution in [0.1, 0.15) is 15.9 Å². The number of para-hydroxylation sites is 2. The molecule has 120 valence electrons. The second-order valence-electron chi connectivity index (χ2n) is 5.35. The first kappa shape index (κ1) is 16.3. The number of halogens is 1. The van der Waals surface area contributed by atoms with Crippen LogP contribution in [0, 0.1) is 0 Å². The molecule has 4 heteroatoms. The normalized spacial score (nSPS) is 10.2. The van der Waals surface area contributed by atoms with Crippen molar-refractivity contribution in [2.45, 2.75) is 6.54 Å². The predicted molar refractivity (Wildman–Crippen MR) is 102 cm³/mol. The Hall–Kier alpha value is -2.59. The zero-order valence-electron chi connectivity index (χ0n) is 13.0. The Balaban J connectivity index is 1.72. The Morgan fingerprint density at radius 1 is 0.833 bits per heavy atom. The van der Waals surface area contributed by atoms with Gasteiger partial charge in [-0.1, -0.05) is 58.4 Å². The van der Waals surface area contributed by atoms with E-state index in [2.05, 4.69) is 38.7 Å². The lowest BCUT2D eigenvalue weighted by molar-refractivity contribution is 0.102. The fourth-order valence-electron chi connectivity index (χ4n) is 2.37. The van der Waals surface area contributed by atoms with Gasteiger partial charge in [0.15, 0.2) is 0 Å². The molecule has 0 unspecified atom stereocenters. The van der Waals surface area contributed by atoms with Gasteiger partial charge in [-0.05, 0) is 42.0 Å². The molecule has 0 aliphatic carbocycles. The summed E-state index contributed by atoms with van der Waals surface area (Å²) in [6, 6.07) is 25.0. The Kier molecular flexibility index (Phi) is 5.29. The Morgan fingerprint density at radius 2 is 1.54 bits per heavy atom. The number of hydrogen-bond acceptors (Lipinski definition) is 2. The molecule has 0 fully saturated rings. The quantitative estimate of drug-likeness (QED) is 0.629. The standard InChI is InChI=1S/C20H17BrN2O/c21-17-10-6-7-15(13-17)14-22-18-11-4-5-12-19(18)23-20(24)16-8-2-1-3-9-16/h1-13,22H,14H2,(H,23,24). The van der Waals surface area contributed by atoms with Crippen LogP contribution in [-0.2, 0) is 6.54 Å². The first-order valence-corrected chi connectivity index (χ1v) is 8.45. The fraction of sp³-hybridized carbons (Fsp3) is 0.0500. The van der Waals surface area contributed by atoms with Crippen LogP contribution in [-0.4, -0.2) is 5.91 Å². The van der Waals surface area contributed by atoms with Gasteiger partial charge >= 0.3 is 0 Å². The molecular formula is C20H17BrN2O. The van der Waals surface area contributed by atoms with Crippen LogP contribution in [0.2, 0.25) is 0 Å². The molecule has 0 radical (unpaired) electrons. The Labute approximate surface area is 149 Å². The first-order valence-electron chi connectivity index (χ1n) is 7.66. The maximum Gasteiger partial charge on any atom is 0.255 e. The minimum absolute atomic E-state index is 0.118. The van der Waals surface area contributed by atoms with Crippen LogP contribution in [0.4, 0.5) is 11.4 Å². The molecule has 0 bridgehead atoms. The van der Waals surface area contributed by atoms with Gasteiger partial charge in [-0.15, -0.1) is 0 Å². The van der Waals surface area contributed by atoms with Crippen molar-refractivity contribution in [2.75, 3.05) is 10.6 Å². The molecule has 3 aromatic carbocycles. The van der Waals surface area contributed by atoms with Crippen molar-refractivity contribution in [1.29, 1.82) is 0 Å². The number of hydrogen-bond donors (Lipinski definition) is 2. The van der Waals surface area contributed by atoms with E-state index in [1.807, 2.05) is 54.6 Å². The summed E-state index contributed by atoms with van der Waals surface area (Å²) in [6.07, 6.45) is 0. The highest BCUT2D eigenvalue weighted by Crippen LogP contribution is 2.23. The summed E-state index contributed by atoms with van der Waals surface area (Å²) in [7, 11) is 0. The van der Waals surface area contributed by atoms with E-state index in [-0.39, 0.29) is 5.91 Å². The van der Waals surface area contributed by atoms with Crippen molar-refractivity contribution < 1.29 is 4.79 Å². The molecule has 0 spiro atoms. The number of amides is 1. The highest BCUT2D eigenvalue weighted by molar-refractivity contribution is 9.10. The van der Waals surface area contributed by atoms with Crippen LogP contribution in [0.3, 0.4) is 0 Å². The summed E-state index contributed by atoms with van der Waals surface area (Å²) in [5.41, 5.74) is 3.45. The van der Waals surface area contributed by atoms with Crippen molar-refractivity contribution in [3.05, 3.63) is 94.5 Å². The van der Waals surface area contributed by atoms with Gasteiger partial charge in [0.2, 0.25) is 0 Å². The lowest BCUT2D eigenvalue weighted by Crippen LogP contribution is -2.13. The minimum Gasteiger partial charge on any atom is -0.379 e. The van der Waals surface area contributed by atoms with E-state index in [9.17, 15) is 4.79 Å². The van der Waals surface area contributed by atoms with Crippen molar-refractivity contribution >= 4 is 33.2 Å². The van der Waals surface area contributed by atoms with Crippen LogP contribution in [0.5, 0.6) is 0 Å². The summed E-state index contributed by atoms with van der Waals surface area (Å²) < 4.78 is 1.05. The van der Waals surface area contributed by atoms with Crippen LogP contribution < -0.4 is 10.6 Å². The van der Waals surface area contributed by atoms with Crippen LogP contribution in [0.15, 0.2) is 83.3 Å². The number of anilines is 2. The molecule has 0 aliphatic rings. The highest BCUT2D eigenvalue weighted by Gasteiger charge is 2.08. The number of carbonyl (C=O) groups is 1. The second-order valence-corrected chi connectivity index (χ2v) is 6.26. The molecule has 0 atom stereocenters. The average Bonchev–Trinajstić information content (AvgIpc) is 2.62. The Bertz CT molecular complexity index is 834. The molecule has 0 aliphatic heterocycles. The minimum atomic E-state index is -0.118. The van der Waals surface area contributed by atoms with E-state index < -0.39 is 0 Å². The van der Waals surface area contributed by atoms with E-state index in [4.69, 9.17) is 0 Å². The van der Waals surface area contributed by atoms with Gasteiger partial charge in [-0.3, -0.25) is 4.79 Å². The van der Waals surface area contributed by atoms with Crippen molar-refractivity contribution in [3.63, 3.8) is 0 Å². The fourth-order valence-corrected chi connectivity index (χ4v) is 2.82. The van der Waals surface area contributed by atoms with E-state index in [0.29, 0.717) is 12.1 Å². The molecule has 2 N–H and O–H groups in total. The molecule has 24 heavy (non-hydrogen) atoms. The summed E-state index contributed by atoms with van der Waals surface area (Å²) >= 11 is 3.48. The number of carbonyl (C=O) groups excluding carboxylic acids is 1. The zero-order chi connectivity index (χ0) is 16.8. The topological polar surface area (TPSA) is 41.1 Å². The molecular weight excluding hydrogens is 364 g/mol. The lowest BCUT2D eigenvalue weighted by Gasteiger charge is -2.13. The number of benzene rings is 3. The average molecular weight is 381 g/mol. The molecule has 3 aromatic rings. The van der Waals surface area contributed by atoms with Gasteiger partial charge in [0, 0.05) is 16.6 Å². The third-order valence-corrected chi connectivity index (χ3v) is 4.08. The third-order valence-electron chi connectivity index (χ3n) is 3.58. The SMILES string of the molecule is O=C(Nc1ccccc1NCc1cccc(Br)c1)c1ccccc1. The second kappa shape index (κ2) is 7.79. The summed E-state index contributed by atoms with van der Waals surface area (Å²) in [6.45, 7) is 0.678. The van der Waals surface area contributed by atoms with E-state index in [1.54, 1.807) is 12.1 Å². The molecule has 0 aromatic heterocycles. The predicted octanol–water partition coefficient (Wildman–Crippen LogP) is 5.31. The maximum atomic E-state index is 12.3. The highest BCUT2D eigenvalue weighted by atomic mass is 79.9. The number of rotatable bonds is 5. The van der Waals surface area contributed by atoms with E-state index in [1.165, 1.54) is 0 Å². The summed E-state index contributed by atoms with van der Waals surface area (Å²) in [4.78, 5) is 12.3. The number of nitrogens with one attached hydrogen (secondary N) is 2. The molecule has 0 saturated heterocycles. The van der Waals surface area contributed by atoms with Crippen LogP contribution in [0.25, 0.3) is 0 Å². The van der Waals surface area contributed by atoms with Crippen LogP contribution >= 0.6 is 15.9 Å². The molecule has 1 amide bonds. The summed E-state index contributed by atoms with van der Waals surface area (Å²) in [5, 5.41) is 6.34. The van der Waals surface area contributed by atoms with Crippen molar-refractivity contribution in [2.24, 2.45) is 0 Å². The first-order chi connectivity index (χ1) is 11.7.